The molecular weight excluding hydrogens is 372 g/mol. The normalized spacial score (nSPS) is 11.9. The summed E-state index contributed by atoms with van der Waals surface area (Å²) in [6, 6.07) is 7.34. The van der Waals surface area contributed by atoms with Crippen molar-refractivity contribution in [3.63, 3.8) is 0 Å². The number of fused-ring (bicyclic) bond motifs is 1. The topological polar surface area (TPSA) is 111 Å². The molecule has 1 heterocycles. The highest BCUT2D eigenvalue weighted by Gasteiger charge is 2.24. The van der Waals surface area contributed by atoms with Gasteiger partial charge in [-0.2, -0.15) is 0 Å². The lowest BCUT2D eigenvalue weighted by atomic mass is 9.96. The van der Waals surface area contributed by atoms with Crippen LogP contribution >= 0.6 is 11.6 Å². The summed E-state index contributed by atoms with van der Waals surface area (Å²) in [5, 5.41) is 40.9. The number of phenols is 2. The summed E-state index contributed by atoms with van der Waals surface area (Å²) in [5.74, 6) is -1.51. The molecule has 6 nitrogen and oxygen atoms in total. The van der Waals surface area contributed by atoms with Gasteiger partial charge in [-0.05, 0) is 51.0 Å². The van der Waals surface area contributed by atoms with Crippen LogP contribution < -0.4 is 5.43 Å². The minimum absolute atomic E-state index is 0.0375. The van der Waals surface area contributed by atoms with Crippen molar-refractivity contribution in [1.82, 2.24) is 0 Å². The van der Waals surface area contributed by atoms with Gasteiger partial charge in [0.05, 0.1) is 5.60 Å². The van der Waals surface area contributed by atoms with Gasteiger partial charge in [-0.1, -0.05) is 11.6 Å². The molecule has 142 valence electrons. The number of benzene rings is 2. The van der Waals surface area contributed by atoms with Crippen molar-refractivity contribution in [2.45, 2.75) is 32.3 Å². The summed E-state index contributed by atoms with van der Waals surface area (Å²) in [6.07, 6.45) is 0.473. The molecule has 3 aromatic rings. The van der Waals surface area contributed by atoms with Crippen molar-refractivity contribution >= 4 is 22.6 Å². The maximum Gasteiger partial charge on any atom is 0.238 e. The van der Waals surface area contributed by atoms with Gasteiger partial charge in [0.2, 0.25) is 11.2 Å². The predicted molar refractivity (Wildman–Crippen MR) is 103 cm³/mol. The van der Waals surface area contributed by atoms with E-state index in [0.29, 0.717) is 10.6 Å². The van der Waals surface area contributed by atoms with E-state index in [9.17, 15) is 25.2 Å². The minimum atomic E-state index is -1.01. The van der Waals surface area contributed by atoms with Gasteiger partial charge in [-0.15, -0.1) is 0 Å². The molecule has 7 heteroatoms. The van der Waals surface area contributed by atoms with Crippen LogP contribution in [0.5, 0.6) is 17.2 Å². The van der Waals surface area contributed by atoms with Crippen LogP contribution in [0.4, 0.5) is 0 Å². The Labute approximate surface area is 159 Å². The maximum absolute atomic E-state index is 12.6. The van der Waals surface area contributed by atoms with Crippen LogP contribution in [0.1, 0.15) is 25.8 Å². The number of hydrogen-bond donors (Lipinski definition) is 4. The molecule has 0 aliphatic rings. The molecule has 0 spiro atoms. The average Bonchev–Trinajstić information content (AvgIpc) is 2.57. The molecular formula is C20H19ClO6. The Morgan fingerprint density at radius 2 is 1.70 bits per heavy atom. The Morgan fingerprint density at radius 1 is 1.07 bits per heavy atom. The number of phenolic OH excluding ortho intramolecular Hbond substituents is 2. The quantitative estimate of drug-likeness (QED) is 0.537. The molecule has 27 heavy (non-hydrogen) atoms. The highest BCUT2D eigenvalue weighted by molar-refractivity contribution is 6.30. The van der Waals surface area contributed by atoms with Crippen LogP contribution in [0.2, 0.25) is 5.02 Å². The number of aliphatic hydroxyl groups is 1. The maximum atomic E-state index is 12.6. The SMILES string of the molecule is CC(C)(O)CCc1c(O)cc(O)c2c(=O)c(O)c(-c3ccc(Cl)cc3)oc12. The third-order valence-corrected chi connectivity index (χ3v) is 4.55. The number of aromatic hydroxyl groups is 3. The first kappa shape index (κ1) is 19.1. The van der Waals surface area contributed by atoms with Crippen LogP contribution in [-0.4, -0.2) is 26.0 Å². The first-order valence-corrected chi connectivity index (χ1v) is 8.68. The zero-order valence-electron chi connectivity index (χ0n) is 14.8. The molecule has 0 aliphatic carbocycles. The summed E-state index contributed by atoms with van der Waals surface area (Å²) in [7, 11) is 0. The van der Waals surface area contributed by atoms with E-state index in [0.717, 1.165) is 6.07 Å². The second-order valence-electron chi connectivity index (χ2n) is 7.03. The number of aryl methyl sites for hydroxylation is 1. The van der Waals surface area contributed by atoms with Gasteiger partial charge >= 0.3 is 0 Å². The molecule has 4 N–H and O–H groups in total. The highest BCUT2D eigenvalue weighted by atomic mass is 35.5. The largest absolute Gasteiger partial charge is 0.507 e. The first-order chi connectivity index (χ1) is 12.6. The molecule has 1 aromatic heterocycles. The number of hydrogen-bond acceptors (Lipinski definition) is 6. The average molecular weight is 391 g/mol. The van der Waals surface area contributed by atoms with Crippen molar-refractivity contribution in [2.24, 2.45) is 0 Å². The van der Waals surface area contributed by atoms with Crippen LogP contribution in [-0.2, 0) is 6.42 Å². The van der Waals surface area contributed by atoms with Gasteiger partial charge in [0.15, 0.2) is 5.76 Å². The number of halogens is 1. The van der Waals surface area contributed by atoms with Gasteiger partial charge < -0.3 is 24.8 Å². The van der Waals surface area contributed by atoms with E-state index in [1.54, 1.807) is 38.1 Å². The van der Waals surface area contributed by atoms with E-state index in [-0.39, 0.29) is 40.9 Å². The molecule has 0 saturated carbocycles. The summed E-state index contributed by atoms with van der Waals surface area (Å²) in [6.45, 7) is 3.24. The molecule has 0 fully saturated rings. The van der Waals surface area contributed by atoms with Gasteiger partial charge in [0.25, 0.3) is 0 Å². The summed E-state index contributed by atoms with van der Waals surface area (Å²) in [4.78, 5) is 12.6. The molecule has 0 bridgehead atoms. The Morgan fingerprint density at radius 3 is 2.30 bits per heavy atom. The molecule has 0 amide bonds. The van der Waals surface area contributed by atoms with Crippen molar-refractivity contribution < 1.29 is 24.8 Å². The standard InChI is InChI=1S/C20H19ClO6/c1-20(2,26)8-7-12-13(22)9-14(23)15-16(24)17(25)18(27-19(12)15)10-3-5-11(21)6-4-10/h3-6,9,22-23,25-26H,7-8H2,1-2H3. The van der Waals surface area contributed by atoms with Gasteiger partial charge in [-0.3, -0.25) is 4.79 Å². The molecule has 2 aromatic carbocycles. The Balaban J connectivity index is 2.30. The van der Waals surface area contributed by atoms with Crippen LogP contribution in [0.25, 0.3) is 22.3 Å². The Hall–Kier alpha value is -2.70. The smallest absolute Gasteiger partial charge is 0.238 e. The molecule has 0 atom stereocenters. The van der Waals surface area contributed by atoms with Crippen molar-refractivity contribution in [2.75, 3.05) is 0 Å². The fourth-order valence-electron chi connectivity index (χ4n) is 2.85. The summed E-state index contributed by atoms with van der Waals surface area (Å²) < 4.78 is 5.76. The second-order valence-corrected chi connectivity index (χ2v) is 7.46. The van der Waals surface area contributed by atoms with E-state index in [4.69, 9.17) is 16.0 Å². The fourth-order valence-corrected chi connectivity index (χ4v) is 2.97. The van der Waals surface area contributed by atoms with Crippen LogP contribution in [0.15, 0.2) is 39.5 Å². The van der Waals surface area contributed by atoms with E-state index in [2.05, 4.69) is 0 Å². The highest BCUT2D eigenvalue weighted by Crippen LogP contribution is 2.39. The summed E-state index contributed by atoms with van der Waals surface area (Å²) in [5.41, 5.74) is -1.19. The zero-order valence-corrected chi connectivity index (χ0v) is 15.5. The lowest BCUT2D eigenvalue weighted by Gasteiger charge is -2.18. The van der Waals surface area contributed by atoms with E-state index < -0.39 is 22.5 Å². The van der Waals surface area contributed by atoms with Crippen molar-refractivity contribution in [3.8, 4) is 28.6 Å². The summed E-state index contributed by atoms with van der Waals surface area (Å²) >= 11 is 5.87. The van der Waals surface area contributed by atoms with E-state index >= 15 is 0 Å². The molecule has 0 radical (unpaired) electrons. The van der Waals surface area contributed by atoms with Crippen molar-refractivity contribution in [1.29, 1.82) is 0 Å². The monoisotopic (exact) mass is 390 g/mol. The third-order valence-electron chi connectivity index (χ3n) is 4.29. The van der Waals surface area contributed by atoms with Gasteiger partial charge in [0, 0.05) is 22.2 Å². The Kier molecular flexibility index (Phi) is 4.80. The minimum Gasteiger partial charge on any atom is -0.507 e. The second kappa shape index (κ2) is 6.79. The number of rotatable bonds is 4. The van der Waals surface area contributed by atoms with E-state index in [1.165, 1.54) is 0 Å². The van der Waals surface area contributed by atoms with Crippen LogP contribution in [0.3, 0.4) is 0 Å². The molecule has 3 rings (SSSR count). The predicted octanol–water partition coefficient (Wildman–Crippen LogP) is 3.93. The van der Waals surface area contributed by atoms with E-state index in [1.807, 2.05) is 0 Å². The zero-order chi connectivity index (χ0) is 19.9. The van der Waals surface area contributed by atoms with Gasteiger partial charge in [0.1, 0.15) is 22.5 Å². The van der Waals surface area contributed by atoms with Crippen molar-refractivity contribution in [3.05, 3.63) is 51.1 Å². The molecule has 0 aliphatic heterocycles. The van der Waals surface area contributed by atoms with Crippen LogP contribution in [0, 0.1) is 0 Å². The van der Waals surface area contributed by atoms with Gasteiger partial charge in [-0.25, -0.2) is 0 Å². The lowest BCUT2D eigenvalue weighted by Crippen LogP contribution is -2.19. The first-order valence-electron chi connectivity index (χ1n) is 8.30. The fraction of sp³-hybridized carbons (Fsp3) is 0.250. The lowest BCUT2D eigenvalue weighted by molar-refractivity contribution is 0.0713. The molecule has 0 unspecified atom stereocenters. The third kappa shape index (κ3) is 3.72. The molecule has 0 saturated heterocycles. The Bertz CT molecular complexity index is 1060.